The number of rotatable bonds is 8. The van der Waals surface area contributed by atoms with Crippen LogP contribution in [0.4, 0.5) is 5.13 Å². The minimum Gasteiger partial charge on any atom is -0.477 e. The van der Waals surface area contributed by atoms with Gasteiger partial charge in [-0.2, -0.15) is 27.2 Å². The topological polar surface area (TPSA) is 228 Å². The van der Waals surface area contributed by atoms with Crippen LogP contribution >= 0.6 is 35.7 Å². The Kier molecular flexibility index (Phi) is 6.87. The van der Waals surface area contributed by atoms with E-state index in [1.165, 1.54) is 41.2 Å². The molecular formula is C20H17N9O7S3. The molecule has 2 aliphatic rings. The number of anilines is 1. The second-order valence-electron chi connectivity index (χ2n) is 7.98. The number of nitrogens with zero attached hydrogens (tertiary/aromatic N) is 7. The van der Waals surface area contributed by atoms with Gasteiger partial charge >= 0.3 is 11.9 Å². The summed E-state index contributed by atoms with van der Waals surface area (Å²) in [7, 11) is 1.24. The molecule has 5 heterocycles. The Morgan fingerprint density at radius 1 is 1.28 bits per heavy atom. The number of thiol groups is 1. The van der Waals surface area contributed by atoms with E-state index in [0.717, 1.165) is 16.2 Å². The van der Waals surface area contributed by atoms with Gasteiger partial charge < -0.3 is 26.1 Å². The third-order valence-corrected chi connectivity index (χ3v) is 8.31. The van der Waals surface area contributed by atoms with Gasteiger partial charge in [0.15, 0.2) is 16.5 Å². The van der Waals surface area contributed by atoms with E-state index in [4.69, 9.17) is 10.6 Å². The number of carbonyl (C=O) groups excluding carboxylic acids is 2. The molecule has 0 aliphatic carbocycles. The molecule has 1 unspecified atom stereocenters. The molecule has 2 amide bonds. The number of fused-ring (bicyclic) bond motifs is 2. The number of amides is 2. The monoisotopic (exact) mass is 591 g/mol. The predicted molar refractivity (Wildman–Crippen MR) is 139 cm³/mol. The minimum absolute atomic E-state index is 0.0130. The average Bonchev–Trinajstić information content (AvgIpc) is 3.56. The molecular weight excluding hydrogens is 574 g/mol. The normalized spacial score (nSPS) is 19.9. The Morgan fingerprint density at radius 3 is 2.69 bits per heavy atom. The molecule has 39 heavy (non-hydrogen) atoms. The first-order valence-electron chi connectivity index (χ1n) is 10.8. The third kappa shape index (κ3) is 4.53. The van der Waals surface area contributed by atoms with E-state index in [0.29, 0.717) is 0 Å². The zero-order chi connectivity index (χ0) is 28.0. The van der Waals surface area contributed by atoms with E-state index < -0.39 is 40.4 Å². The molecule has 0 spiro atoms. The van der Waals surface area contributed by atoms with Crippen LogP contribution in [0, 0.1) is 0 Å². The van der Waals surface area contributed by atoms with Crippen LogP contribution < -0.4 is 11.1 Å². The SMILES string of the molecule is CON=C(C(=O)N[C@@H]1C(=O)N2C(C(=O)O)=C(C(S)c3cc(C(=O)O)nc4ncnn34)CS[C@H]12)c1csc(N)n1. The van der Waals surface area contributed by atoms with Crippen LogP contribution in [0.25, 0.3) is 5.78 Å². The van der Waals surface area contributed by atoms with Gasteiger partial charge in [0.2, 0.25) is 0 Å². The van der Waals surface area contributed by atoms with Crippen LogP contribution in [0.2, 0.25) is 0 Å². The first-order chi connectivity index (χ1) is 18.6. The van der Waals surface area contributed by atoms with Gasteiger partial charge in [0.05, 0.1) is 10.9 Å². The van der Waals surface area contributed by atoms with E-state index >= 15 is 0 Å². The molecule has 5 N–H and O–H groups in total. The summed E-state index contributed by atoms with van der Waals surface area (Å²) in [5.41, 5.74) is 5.36. The van der Waals surface area contributed by atoms with Gasteiger partial charge in [0.1, 0.15) is 36.2 Å². The smallest absolute Gasteiger partial charge is 0.354 e. The van der Waals surface area contributed by atoms with Crippen molar-refractivity contribution >= 4 is 76.1 Å². The molecule has 202 valence electrons. The van der Waals surface area contributed by atoms with Crippen molar-refractivity contribution in [3.05, 3.63) is 46.1 Å². The Balaban J connectivity index is 1.44. The molecule has 2 aliphatic heterocycles. The second kappa shape index (κ2) is 10.2. The van der Waals surface area contributed by atoms with Crippen molar-refractivity contribution in [2.45, 2.75) is 16.7 Å². The van der Waals surface area contributed by atoms with E-state index in [1.54, 1.807) is 0 Å². The standard InChI is InChI=1S/C20H17N9O7S3/c1-36-27-10(8-4-39-19(21)24-8)14(30)26-11-15(31)28-12(18(34)35)6(3-38-16(11)28)13(37)9-2-7(17(32)33)25-20-22-5-23-29(9)20/h2,4-5,11,13,16,37H,3H2,1H3,(H2,21,24)(H,26,30)(H,32,33)(H,34,35)/t11-,13?,16-/m1/s1. The minimum atomic E-state index is -1.39. The molecule has 16 nitrogen and oxygen atoms in total. The summed E-state index contributed by atoms with van der Waals surface area (Å²) in [4.78, 5) is 67.6. The lowest BCUT2D eigenvalue weighted by molar-refractivity contribution is -0.150. The summed E-state index contributed by atoms with van der Waals surface area (Å²) in [5.74, 6) is -4.06. The van der Waals surface area contributed by atoms with Crippen LogP contribution in [0.1, 0.15) is 27.1 Å². The van der Waals surface area contributed by atoms with Crippen molar-refractivity contribution in [1.29, 1.82) is 0 Å². The zero-order valence-electron chi connectivity index (χ0n) is 19.6. The van der Waals surface area contributed by atoms with Crippen LogP contribution in [-0.4, -0.2) is 93.4 Å². The van der Waals surface area contributed by atoms with Crippen LogP contribution in [0.5, 0.6) is 0 Å². The number of thiazole rings is 1. The number of hydrogen-bond donors (Lipinski definition) is 5. The van der Waals surface area contributed by atoms with E-state index in [1.807, 2.05) is 0 Å². The number of carboxylic acid groups (broad SMARTS) is 2. The van der Waals surface area contributed by atoms with Crippen molar-refractivity contribution in [2.75, 3.05) is 18.6 Å². The number of carbonyl (C=O) groups is 4. The number of nitrogens with two attached hydrogens (primary N) is 1. The van der Waals surface area contributed by atoms with Crippen LogP contribution in [0.15, 0.2) is 34.2 Å². The number of nitrogens with one attached hydrogen (secondary N) is 1. The Bertz CT molecular complexity index is 1600. The van der Waals surface area contributed by atoms with Gasteiger partial charge in [-0.05, 0) is 11.6 Å². The largest absolute Gasteiger partial charge is 0.477 e. The van der Waals surface area contributed by atoms with Gasteiger partial charge in [0, 0.05) is 11.1 Å². The highest BCUT2D eigenvalue weighted by atomic mass is 32.2. The quantitative estimate of drug-likeness (QED) is 0.0975. The molecule has 3 aromatic rings. The molecule has 0 radical (unpaired) electrons. The van der Waals surface area contributed by atoms with Gasteiger partial charge in [-0.1, -0.05) is 5.16 Å². The lowest BCUT2D eigenvalue weighted by atomic mass is 9.99. The van der Waals surface area contributed by atoms with Gasteiger partial charge in [0.25, 0.3) is 17.6 Å². The number of carboxylic acids is 2. The van der Waals surface area contributed by atoms with Gasteiger partial charge in [-0.3, -0.25) is 14.5 Å². The van der Waals surface area contributed by atoms with Crippen molar-refractivity contribution in [3.63, 3.8) is 0 Å². The number of oxime groups is 1. The molecule has 0 aromatic carbocycles. The van der Waals surface area contributed by atoms with E-state index in [2.05, 4.69) is 43.2 Å². The summed E-state index contributed by atoms with van der Waals surface area (Å²) in [6.45, 7) is 0. The van der Waals surface area contributed by atoms with Crippen LogP contribution in [-0.2, 0) is 19.2 Å². The second-order valence-corrected chi connectivity index (χ2v) is 10.5. The van der Waals surface area contributed by atoms with E-state index in [9.17, 15) is 29.4 Å². The maximum atomic E-state index is 13.1. The number of hydrogen-bond acceptors (Lipinski definition) is 14. The summed E-state index contributed by atoms with van der Waals surface area (Å²) in [6.07, 6.45) is 1.17. The molecule has 1 saturated heterocycles. The third-order valence-electron chi connectivity index (χ3n) is 5.76. The summed E-state index contributed by atoms with van der Waals surface area (Å²) in [5, 5.41) is 29.8. The number of thioether (sulfide) groups is 1. The predicted octanol–water partition coefficient (Wildman–Crippen LogP) is -0.379. The van der Waals surface area contributed by atoms with E-state index in [-0.39, 0.29) is 50.7 Å². The van der Waals surface area contributed by atoms with Crippen molar-refractivity contribution in [3.8, 4) is 0 Å². The van der Waals surface area contributed by atoms with Crippen LogP contribution in [0.3, 0.4) is 0 Å². The first-order valence-corrected chi connectivity index (χ1v) is 13.2. The molecule has 3 aromatic heterocycles. The van der Waals surface area contributed by atoms with Gasteiger partial charge in [-0.15, -0.1) is 23.1 Å². The summed E-state index contributed by atoms with van der Waals surface area (Å²) >= 11 is 6.87. The Morgan fingerprint density at radius 2 is 2.05 bits per heavy atom. The average molecular weight is 592 g/mol. The maximum absolute atomic E-state index is 13.1. The highest BCUT2D eigenvalue weighted by molar-refractivity contribution is 8.00. The van der Waals surface area contributed by atoms with Crippen molar-refractivity contribution in [2.24, 2.45) is 5.16 Å². The Labute approximate surface area is 231 Å². The fraction of sp³-hybridized carbons (Fsp3) is 0.250. The lowest BCUT2D eigenvalue weighted by Gasteiger charge is -2.49. The zero-order valence-corrected chi connectivity index (χ0v) is 22.1. The number of β-lactam (4-membered cyclic amide) rings is 1. The molecule has 19 heteroatoms. The van der Waals surface area contributed by atoms with Crippen molar-refractivity contribution in [1.82, 2.24) is 34.8 Å². The van der Waals surface area contributed by atoms with Crippen molar-refractivity contribution < 1.29 is 34.2 Å². The number of aromatic carboxylic acids is 1. The number of aliphatic carboxylic acids is 1. The number of aromatic nitrogens is 5. The lowest BCUT2D eigenvalue weighted by Crippen LogP contribution is -2.71. The highest BCUT2D eigenvalue weighted by Crippen LogP contribution is 2.45. The molecule has 1 fully saturated rings. The van der Waals surface area contributed by atoms with Gasteiger partial charge in [-0.25, -0.2) is 19.6 Å². The molecule has 0 bridgehead atoms. The highest BCUT2D eigenvalue weighted by Gasteiger charge is 2.55. The Hall–Kier alpha value is -4.23. The summed E-state index contributed by atoms with van der Waals surface area (Å²) in [6, 6.07) is 0.157. The molecule has 5 rings (SSSR count). The fourth-order valence-corrected chi connectivity index (χ4v) is 6.53. The number of nitrogen functional groups attached to an aromatic ring is 1. The fourth-order valence-electron chi connectivity index (χ4n) is 4.07. The molecule has 3 atom stereocenters. The maximum Gasteiger partial charge on any atom is 0.354 e. The molecule has 0 saturated carbocycles. The first kappa shape index (κ1) is 26.4. The summed E-state index contributed by atoms with van der Waals surface area (Å²) < 4.78 is 1.25.